The van der Waals surface area contributed by atoms with Crippen molar-refractivity contribution in [2.75, 3.05) is 0 Å². The van der Waals surface area contributed by atoms with Crippen molar-refractivity contribution in [3.8, 4) is 5.75 Å². The maximum atomic E-state index is 6.99. The summed E-state index contributed by atoms with van der Waals surface area (Å²) in [6.07, 6.45) is 0. The van der Waals surface area contributed by atoms with Gasteiger partial charge in [0.25, 0.3) is 0 Å². The van der Waals surface area contributed by atoms with Gasteiger partial charge >= 0.3 is 0 Å². The van der Waals surface area contributed by atoms with Crippen LogP contribution in [0.1, 0.15) is 55.5 Å². The van der Waals surface area contributed by atoms with Crippen molar-refractivity contribution in [2.45, 2.75) is 47.1 Å². The number of fused-ring (bicyclic) bond motifs is 1. The van der Waals surface area contributed by atoms with Gasteiger partial charge in [-0.1, -0.05) is 106 Å². The molecule has 0 N–H and O–H groups in total. The zero-order chi connectivity index (χ0) is 21.3. The highest BCUT2D eigenvalue weighted by Gasteiger charge is 2.65. The van der Waals surface area contributed by atoms with Crippen molar-refractivity contribution in [1.29, 1.82) is 0 Å². The Morgan fingerprint density at radius 3 is 1.53 bits per heavy atom. The van der Waals surface area contributed by atoms with E-state index in [0.29, 0.717) is 0 Å². The number of rotatable bonds is 2. The Bertz CT molecular complexity index is 1100. The van der Waals surface area contributed by atoms with Crippen LogP contribution >= 0.6 is 0 Å². The van der Waals surface area contributed by atoms with E-state index in [1.807, 2.05) is 0 Å². The van der Waals surface area contributed by atoms with Crippen LogP contribution in [-0.4, -0.2) is 0 Å². The summed E-state index contributed by atoms with van der Waals surface area (Å²) in [4.78, 5) is 0. The molecule has 0 aromatic heterocycles. The Morgan fingerprint density at radius 1 is 0.600 bits per heavy atom. The molecule has 1 aliphatic carbocycles. The molecule has 1 heterocycles. The molecule has 30 heavy (non-hydrogen) atoms. The molecule has 0 spiro atoms. The lowest BCUT2D eigenvalue weighted by Gasteiger charge is -2.33. The molecule has 0 atom stereocenters. The Morgan fingerprint density at radius 2 is 1.07 bits per heavy atom. The maximum Gasteiger partial charge on any atom is 0.185 e. The Hall–Kier alpha value is -2.80. The van der Waals surface area contributed by atoms with Crippen LogP contribution in [0.3, 0.4) is 0 Å². The first-order valence-electron chi connectivity index (χ1n) is 10.9. The topological polar surface area (TPSA) is 9.23 Å². The first kappa shape index (κ1) is 19.2. The van der Waals surface area contributed by atoms with Gasteiger partial charge in [-0.15, -0.1) is 0 Å². The third-order valence-corrected chi connectivity index (χ3v) is 7.69. The fourth-order valence-electron chi connectivity index (χ4n) is 5.28. The van der Waals surface area contributed by atoms with Gasteiger partial charge in [0, 0.05) is 22.3 Å². The summed E-state index contributed by atoms with van der Waals surface area (Å²) < 4.78 is 6.99. The van der Waals surface area contributed by atoms with Crippen molar-refractivity contribution in [3.05, 3.63) is 106 Å². The monoisotopic (exact) mass is 394 g/mol. The summed E-state index contributed by atoms with van der Waals surface area (Å²) in [5.74, 6) is 0.972. The molecule has 1 fully saturated rings. The summed E-state index contributed by atoms with van der Waals surface area (Å²) in [5.41, 5.74) is 8.58. The molecule has 0 saturated heterocycles. The highest BCUT2D eigenvalue weighted by atomic mass is 16.5. The minimum Gasteiger partial charge on any atom is -0.472 e. The van der Waals surface area contributed by atoms with E-state index >= 15 is 0 Å². The van der Waals surface area contributed by atoms with Crippen LogP contribution in [0.25, 0.3) is 5.57 Å². The Balaban J connectivity index is 1.90. The minimum absolute atomic E-state index is 0.129. The third-order valence-electron chi connectivity index (χ3n) is 7.69. The lowest BCUT2D eigenvalue weighted by Crippen LogP contribution is -2.32. The summed E-state index contributed by atoms with van der Waals surface area (Å²) >= 11 is 0. The molecule has 2 aliphatic rings. The minimum atomic E-state index is -0.633. The molecule has 0 unspecified atom stereocenters. The second-order valence-electron chi connectivity index (χ2n) is 10.0. The highest BCUT2D eigenvalue weighted by molar-refractivity contribution is 5.90. The van der Waals surface area contributed by atoms with E-state index in [9.17, 15) is 0 Å². The van der Waals surface area contributed by atoms with E-state index in [1.165, 1.54) is 39.0 Å². The van der Waals surface area contributed by atoms with Gasteiger partial charge in [-0.25, -0.2) is 0 Å². The molecule has 1 nitrogen and oxygen atoms in total. The molecule has 0 radical (unpaired) electrons. The van der Waals surface area contributed by atoms with Crippen LogP contribution in [0.15, 0.2) is 78.4 Å². The fraction of sp³-hybridized carbons (Fsp3) is 0.310. The van der Waals surface area contributed by atoms with Gasteiger partial charge in [0.2, 0.25) is 0 Å². The second-order valence-corrected chi connectivity index (χ2v) is 10.0. The molecule has 5 rings (SSSR count). The van der Waals surface area contributed by atoms with E-state index in [0.717, 1.165) is 5.75 Å². The number of hydrogen-bond donors (Lipinski definition) is 0. The van der Waals surface area contributed by atoms with Crippen LogP contribution in [0.5, 0.6) is 5.75 Å². The SMILES string of the molecule is Cc1ccc(C2(c3ccc(C)cc3)Oc3ccccc3C2=C2C(C)(C)C2(C)C)cc1. The van der Waals surface area contributed by atoms with E-state index in [4.69, 9.17) is 4.74 Å². The van der Waals surface area contributed by atoms with E-state index in [2.05, 4.69) is 114 Å². The zero-order valence-electron chi connectivity index (χ0n) is 18.8. The first-order chi connectivity index (χ1) is 14.2. The molecular weight excluding hydrogens is 364 g/mol. The molecule has 152 valence electrons. The summed E-state index contributed by atoms with van der Waals surface area (Å²) in [7, 11) is 0. The van der Waals surface area contributed by atoms with Crippen LogP contribution < -0.4 is 4.74 Å². The lowest BCUT2D eigenvalue weighted by atomic mass is 9.77. The number of para-hydroxylation sites is 1. The smallest absolute Gasteiger partial charge is 0.185 e. The molecule has 1 saturated carbocycles. The van der Waals surface area contributed by atoms with Crippen molar-refractivity contribution < 1.29 is 4.74 Å². The van der Waals surface area contributed by atoms with Crippen molar-refractivity contribution in [3.63, 3.8) is 0 Å². The molecule has 3 aromatic carbocycles. The molecule has 0 amide bonds. The molecule has 3 aromatic rings. The Labute approximate surface area is 180 Å². The molecular formula is C29H30O. The van der Waals surface area contributed by atoms with Gasteiger partial charge in [-0.05, 0) is 36.3 Å². The van der Waals surface area contributed by atoms with Crippen LogP contribution in [-0.2, 0) is 5.60 Å². The number of hydrogen-bond acceptors (Lipinski definition) is 1. The maximum absolute atomic E-state index is 6.99. The van der Waals surface area contributed by atoms with Crippen molar-refractivity contribution >= 4 is 5.57 Å². The van der Waals surface area contributed by atoms with Crippen molar-refractivity contribution in [2.24, 2.45) is 10.8 Å². The number of ether oxygens (including phenoxy) is 1. The van der Waals surface area contributed by atoms with E-state index < -0.39 is 5.60 Å². The predicted molar refractivity (Wildman–Crippen MR) is 125 cm³/mol. The van der Waals surface area contributed by atoms with Gasteiger partial charge in [0.15, 0.2) is 5.60 Å². The fourth-order valence-corrected chi connectivity index (χ4v) is 5.28. The van der Waals surface area contributed by atoms with Gasteiger partial charge < -0.3 is 4.74 Å². The van der Waals surface area contributed by atoms with Crippen molar-refractivity contribution in [1.82, 2.24) is 0 Å². The first-order valence-corrected chi connectivity index (χ1v) is 10.9. The predicted octanol–water partition coefficient (Wildman–Crippen LogP) is 7.46. The molecule has 1 heteroatoms. The van der Waals surface area contributed by atoms with Crippen LogP contribution in [0, 0.1) is 24.7 Å². The van der Waals surface area contributed by atoms with Crippen LogP contribution in [0.2, 0.25) is 0 Å². The number of allylic oxidation sites excluding steroid dienone is 1. The number of benzene rings is 3. The van der Waals surface area contributed by atoms with Crippen LogP contribution in [0.4, 0.5) is 0 Å². The van der Waals surface area contributed by atoms with E-state index in [1.54, 1.807) is 0 Å². The largest absolute Gasteiger partial charge is 0.472 e. The zero-order valence-corrected chi connectivity index (χ0v) is 18.8. The summed E-state index contributed by atoms with van der Waals surface area (Å²) in [6, 6.07) is 26.3. The average Bonchev–Trinajstić information content (AvgIpc) is 2.98. The lowest BCUT2D eigenvalue weighted by molar-refractivity contribution is 0.191. The van der Waals surface area contributed by atoms with Gasteiger partial charge in [0.05, 0.1) is 0 Å². The second kappa shape index (κ2) is 6.11. The Kier molecular flexibility index (Phi) is 3.90. The third kappa shape index (κ3) is 2.41. The van der Waals surface area contributed by atoms with Gasteiger partial charge in [-0.3, -0.25) is 0 Å². The highest BCUT2D eigenvalue weighted by Crippen LogP contribution is 2.73. The number of aryl methyl sites for hydroxylation is 2. The quantitative estimate of drug-likeness (QED) is 0.438. The molecule has 0 bridgehead atoms. The molecule has 1 aliphatic heterocycles. The van der Waals surface area contributed by atoms with E-state index in [-0.39, 0.29) is 10.8 Å². The van der Waals surface area contributed by atoms with Gasteiger partial charge in [-0.2, -0.15) is 0 Å². The average molecular weight is 395 g/mol. The standard InChI is InChI=1S/C29H30O/c1-19-11-15-21(16-12-19)29(22-17-13-20(2)14-18-22)25(26-27(3,4)28(26,5)6)23-9-7-8-10-24(23)30-29/h7-18H,1-6H3. The normalized spacial score (nSPS) is 19.9. The summed E-state index contributed by atoms with van der Waals surface area (Å²) in [6.45, 7) is 13.7. The summed E-state index contributed by atoms with van der Waals surface area (Å²) in [5, 5.41) is 0. The van der Waals surface area contributed by atoms with Gasteiger partial charge in [0.1, 0.15) is 5.75 Å².